The van der Waals surface area contributed by atoms with E-state index in [9.17, 15) is 0 Å². The molecule has 15 heavy (non-hydrogen) atoms. The lowest BCUT2D eigenvalue weighted by molar-refractivity contribution is 0.0463. The summed E-state index contributed by atoms with van der Waals surface area (Å²) in [5, 5.41) is 0.655. The Kier molecular flexibility index (Phi) is 3.41. The lowest BCUT2D eigenvalue weighted by Gasteiger charge is -2.33. The standard InChI is InChI=1S/C10H14ClN3O/c11-8-1-2-10(13-6-8)14-3-4-15-9(5-12)7-14/h1-2,6,9H,3-5,7,12H2. The summed E-state index contributed by atoms with van der Waals surface area (Å²) >= 11 is 5.78. The van der Waals surface area contributed by atoms with Crippen LogP contribution in [-0.4, -0.2) is 37.3 Å². The molecule has 1 atom stereocenters. The molecule has 0 bridgehead atoms. The third kappa shape index (κ3) is 2.59. The van der Waals surface area contributed by atoms with Gasteiger partial charge in [0, 0.05) is 25.8 Å². The fourth-order valence-corrected chi connectivity index (χ4v) is 1.74. The van der Waals surface area contributed by atoms with Gasteiger partial charge in [-0.2, -0.15) is 0 Å². The van der Waals surface area contributed by atoms with E-state index in [0.29, 0.717) is 18.2 Å². The zero-order valence-corrected chi connectivity index (χ0v) is 9.15. The van der Waals surface area contributed by atoms with Crippen LogP contribution in [0.25, 0.3) is 0 Å². The number of hydrogen-bond donors (Lipinski definition) is 1. The number of pyridine rings is 1. The Morgan fingerprint density at radius 3 is 3.13 bits per heavy atom. The Labute approximate surface area is 94.0 Å². The van der Waals surface area contributed by atoms with E-state index >= 15 is 0 Å². The second-order valence-electron chi connectivity index (χ2n) is 3.51. The number of hydrogen-bond acceptors (Lipinski definition) is 4. The molecule has 1 aliphatic rings. The molecule has 2 rings (SSSR count). The number of aromatic nitrogens is 1. The van der Waals surface area contributed by atoms with Crippen molar-refractivity contribution < 1.29 is 4.74 Å². The summed E-state index contributed by atoms with van der Waals surface area (Å²) < 4.78 is 5.48. The van der Waals surface area contributed by atoms with Gasteiger partial charge >= 0.3 is 0 Å². The molecule has 0 saturated carbocycles. The minimum absolute atomic E-state index is 0.108. The van der Waals surface area contributed by atoms with Gasteiger partial charge in [0.15, 0.2) is 0 Å². The fourth-order valence-electron chi connectivity index (χ4n) is 1.63. The van der Waals surface area contributed by atoms with E-state index in [1.807, 2.05) is 12.1 Å². The van der Waals surface area contributed by atoms with Gasteiger partial charge in [-0.1, -0.05) is 11.6 Å². The normalized spacial score (nSPS) is 21.7. The Balaban J connectivity index is 2.06. The van der Waals surface area contributed by atoms with Crippen LogP contribution in [0.1, 0.15) is 0 Å². The van der Waals surface area contributed by atoms with Crippen LogP contribution in [-0.2, 0) is 4.74 Å². The van der Waals surface area contributed by atoms with E-state index < -0.39 is 0 Å². The molecule has 1 saturated heterocycles. The van der Waals surface area contributed by atoms with E-state index in [4.69, 9.17) is 22.1 Å². The van der Waals surface area contributed by atoms with E-state index in [1.165, 1.54) is 0 Å². The van der Waals surface area contributed by atoms with Crippen LogP contribution in [0.3, 0.4) is 0 Å². The van der Waals surface area contributed by atoms with Crippen LogP contribution in [0.4, 0.5) is 5.82 Å². The largest absolute Gasteiger partial charge is 0.373 e. The summed E-state index contributed by atoms with van der Waals surface area (Å²) in [6, 6.07) is 3.76. The van der Waals surface area contributed by atoms with Crippen molar-refractivity contribution in [3.05, 3.63) is 23.4 Å². The van der Waals surface area contributed by atoms with Gasteiger partial charge in [0.1, 0.15) is 5.82 Å². The molecular formula is C10H14ClN3O. The highest BCUT2D eigenvalue weighted by molar-refractivity contribution is 6.30. The summed E-state index contributed by atoms with van der Waals surface area (Å²) in [5.41, 5.74) is 5.57. The summed E-state index contributed by atoms with van der Waals surface area (Å²) in [6.45, 7) is 2.90. The molecular weight excluding hydrogens is 214 g/mol. The van der Waals surface area contributed by atoms with Crippen molar-refractivity contribution in [2.24, 2.45) is 5.73 Å². The molecule has 2 heterocycles. The van der Waals surface area contributed by atoms with Gasteiger partial charge in [-0.3, -0.25) is 0 Å². The highest BCUT2D eigenvalue weighted by atomic mass is 35.5. The lowest BCUT2D eigenvalue weighted by Crippen LogP contribution is -2.46. The Hall–Kier alpha value is -0.840. The molecule has 0 aromatic carbocycles. The smallest absolute Gasteiger partial charge is 0.128 e. The maximum absolute atomic E-state index is 5.78. The molecule has 2 N–H and O–H groups in total. The van der Waals surface area contributed by atoms with Crippen LogP contribution < -0.4 is 10.6 Å². The molecule has 0 aliphatic carbocycles. The van der Waals surface area contributed by atoms with Crippen LogP contribution in [0, 0.1) is 0 Å². The van der Waals surface area contributed by atoms with Gasteiger partial charge in [0.2, 0.25) is 0 Å². The van der Waals surface area contributed by atoms with Crippen molar-refractivity contribution in [1.29, 1.82) is 0 Å². The SMILES string of the molecule is NCC1CN(c2ccc(Cl)cn2)CCO1. The van der Waals surface area contributed by atoms with Crippen molar-refractivity contribution in [3.63, 3.8) is 0 Å². The number of rotatable bonds is 2. The van der Waals surface area contributed by atoms with E-state index in [-0.39, 0.29) is 6.10 Å². The first-order chi connectivity index (χ1) is 7.29. The van der Waals surface area contributed by atoms with Crippen molar-refractivity contribution in [2.75, 3.05) is 31.1 Å². The number of halogens is 1. The second kappa shape index (κ2) is 4.79. The molecule has 1 aromatic heterocycles. The average molecular weight is 228 g/mol. The molecule has 1 aliphatic heterocycles. The lowest BCUT2D eigenvalue weighted by atomic mass is 10.2. The van der Waals surface area contributed by atoms with Crippen molar-refractivity contribution >= 4 is 17.4 Å². The minimum Gasteiger partial charge on any atom is -0.373 e. The second-order valence-corrected chi connectivity index (χ2v) is 3.95. The molecule has 0 amide bonds. The third-order valence-corrected chi connectivity index (χ3v) is 2.66. The highest BCUT2D eigenvalue weighted by Crippen LogP contribution is 2.16. The van der Waals surface area contributed by atoms with Gasteiger partial charge in [0.05, 0.1) is 17.7 Å². The number of anilines is 1. The maximum atomic E-state index is 5.78. The number of morpholine rings is 1. The number of ether oxygens (including phenoxy) is 1. The Morgan fingerprint density at radius 2 is 2.47 bits per heavy atom. The predicted molar refractivity (Wildman–Crippen MR) is 60.3 cm³/mol. The zero-order chi connectivity index (χ0) is 10.7. The molecule has 1 aromatic rings. The first-order valence-electron chi connectivity index (χ1n) is 4.98. The van der Waals surface area contributed by atoms with E-state index in [1.54, 1.807) is 6.20 Å². The molecule has 1 fully saturated rings. The molecule has 82 valence electrons. The fraction of sp³-hybridized carbons (Fsp3) is 0.500. The summed E-state index contributed by atoms with van der Waals surface area (Å²) in [4.78, 5) is 6.43. The minimum atomic E-state index is 0.108. The molecule has 0 radical (unpaired) electrons. The van der Waals surface area contributed by atoms with Gasteiger partial charge in [-0.15, -0.1) is 0 Å². The molecule has 1 unspecified atom stereocenters. The van der Waals surface area contributed by atoms with Crippen LogP contribution in [0.2, 0.25) is 5.02 Å². The maximum Gasteiger partial charge on any atom is 0.128 e. The molecule has 5 heteroatoms. The average Bonchev–Trinajstić information content (AvgIpc) is 2.30. The highest BCUT2D eigenvalue weighted by Gasteiger charge is 2.19. The van der Waals surface area contributed by atoms with Crippen molar-refractivity contribution in [3.8, 4) is 0 Å². The summed E-state index contributed by atoms with van der Waals surface area (Å²) in [5.74, 6) is 0.932. The predicted octanol–water partition coefficient (Wildman–Crippen LogP) is 0.899. The quantitative estimate of drug-likeness (QED) is 0.816. The zero-order valence-electron chi connectivity index (χ0n) is 8.40. The molecule has 0 spiro atoms. The number of nitrogens with zero attached hydrogens (tertiary/aromatic N) is 2. The van der Waals surface area contributed by atoms with E-state index in [0.717, 1.165) is 18.9 Å². The number of nitrogens with two attached hydrogens (primary N) is 1. The molecule has 4 nitrogen and oxygen atoms in total. The van der Waals surface area contributed by atoms with Crippen molar-refractivity contribution in [1.82, 2.24) is 4.98 Å². The van der Waals surface area contributed by atoms with Gasteiger partial charge < -0.3 is 15.4 Å². The topological polar surface area (TPSA) is 51.4 Å². The summed E-state index contributed by atoms with van der Waals surface area (Å²) in [7, 11) is 0. The van der Waals surface area contributed by atoms with Gasteiger partial charge in [0.25, 0.3) is 0 Å². The Bertz CT molecular complexity index is 317. The first-order valence-corrected chi connectivity index (χ1v) is 5.35. The van der Waals surface area contributed by atoms with Gasteiger partial charge in [-0.25, -0.2) is 4.98 Å². The van der Waals surface area contributed by atoms with Crippen LogP contribution in [0.5, 0.6) is 0 Å². The van der Waals surface area contributed by atoms with Crippen LogP contribution >= 0.6 is 11.6 Å². The van der Waals surface area contributed by atoms with E-state index in [2.05, 4.69) is 9.88 Å². The summed E-state index contributed by atoms with van der Waals surface area (Å²) in [6.07, 6.45) is 1.76. The first kappa shape index (κ1) is 10.7. The third-order valence-electron chi connectivity index (χ3n) is 2.44. The van der Waals surface area contributed by atoms with Gasteiger partial charge in [-0.05, 0) is 12.1 Å². The Morgan fingerprint density at radius 1 is 1.60 bits per heavy atom. The van der Waals surface area contributed by atoms with Crippen molar-refractivity contribution in [2.45, 2.75) is 6.10 Å². The van der Waals surface area contributed by atoms with Crippen LogP contribution in [0.15, 0.2) is 18.3 Å². The monoisotopic (exact) mass is 227 g/mol.